The van der Waals surface area contributed by atoms with Gasteiger partial charge in [0.25, 0.3) is 0 Å². The van der Waals surface area contributed by atoms with Gasteiger partial charge in [0.05, 0.1) is 7.11 Å². The summed E-state index contributed by atoms with van der Waals surface area (Å²) in [6, 6.07) is 14.4. The Morgan fingerprint density at radius 1 is 1.00 bits per heavy atom. The van der Waals surface area contributed by atoms with E-state index in [9.17, 15) is 0 Å². The first kappa shape index (κ1) is 14.6. The van der Waals surface area contributed by atoms with Crippen LogP contribution < -0.4 is 10.1 Å². The molecule has 1 fully saturated rings. The summed E-state index contributed by atoms with van der Waals surface area (Å²) in [5.74, 6) is 1.52. The number of hydrogen-bond acceptors (Lipinski definition) is 2. The fourth-order valence-corrected chi connectivity index (χ4v) is 3.28. The van der Waals surface area contributed by atoms with Gasteiger partial charge in [-0.15, -0.1) is 0 Å². The third-order valence-electron chi connectivity index (χ3n) is 3.96. The molecule has 3 rings (SSSR count). The molecule has 0 aliphatic heterocycles. The van der Waals surface area contributed by atoms with Crippen LogP contribution in [0.2, 0.25) is 10.0 Å². The Labute approximate surface area is 135 Å². The van der Waals surface area contributed by atoms with Gasteiger partial charge in [0.1, 0.15) is 5.75 Å². The summed E-state index contributed by atoms with van der Waals surface area (Å²) >= 11 is 12.0. The molecule has 0 unspecified atom stereocenters. The van der Waals surface area contributed by atoms with Crippen LogP contribution in [0.3, 0.4) is 0 Å². The lowest BCUT2D eigenvalue weighted by molar-refractivity contribution is 0.373. The van der Waals surface area contributed by atoms with Crippen molar-refractivity contribution in [3.8, 4) is 5.75 Å². The molecule has 4 heteroatoms. The van der Waals surface area contributed by atoms with Crippen LogP contribution in [0.1, 0.15) is 24.3 Å². The van der Waals surface area contributed by atoms with Gasteiger partial charge in [-0.1, -0.05) is 35.3 Å². The second kappa shape index (κ2) is 6.17. The van der Waals surface area contributed by atoms with Gasteiger partial charge in [-0.2, -0.15) is 0 Å². The van der Waals surface area contributed by atoms with Gasteiger partial charge in [-0.05, 0) is 54.7 Å². The Hall–Kier alpha value is -1.38. The van der Waals surface area contributed by atoms with Gasteiger partial charge in [-0.3, -0.25) is 0 Å². The van der Waals surface area contributed by atoms with E-state index in [0.29, 0.717) is 22.0 Å². The molecule has 0 heterocycles. The summed E-state index contributed by atoms with van der Waals surface area (Å²) in [4.78, 5) is 0. The van der Waals surface area contributed by atoms with E-state index in [2.05, 4.69) is 17.4 Å². The molecule has 0 radical (unpaired) electrons. The van der Waals surface area contributed by atoms with E-state index in [1.165, 1.54) is 5.56 Å². The topological polar surface area (TPSA) is 21.3 Å². The second-order valence-electron chi connectivity index (χ2n) is 5.44. The molecule has 1 saturated carbocycles. The maximum absolute atomic E-state index is 6.01. The van der Waals surface area contributed by atoms with E-state index < -0.39 is 0 Å². The van der Waals surface area contributed by atoms with Gasteiger partial charge < -0.3 is 10.1 Å². The monoisotopic (exact) mass is 321 g/mol. The largest absolute Gasteiger partial charge is 0.497 e. The van der Waals surface area contributed by atoms with E-state index in [1.54, 1.807) is 13.2 Å². The normalized spacial score (nSPS) is 20.7. The lowest BCUT2D eigenvalue weighted by Gasteiger charge is -2.37. The van der Waals surface area contributed by atoms with E-state index >= 15 is 0 Å². The molecule has 2 aromatic rings. The van der Waals surface area contributed by atoms with Crippen molar-refractivity contribution in [3.63, 3.8) is 0 Å². The lowest BCUT2D eigenvalue weighted by Crippen LogP contribution is -2.33. The predicted octanol–water partition coefficient (Wildman–Crippen LogP) is 5.36. The number of hydrogen-bond donors (Lipinski definition) is 1. The first-order valence-electron chi connectivity index (χ1n) is 7.00. The predicted molar refractivity (Wildman–Crippen MR) is 88.8 cm³/mol. The molecule has 0 aromatic heterocycles. The van der Waals surface area contributed by atoms with Gasteiger partial charge in [0.15, 0.2) is 0 Å². The molecule has 1 N–H and O–H groups in total. The standard InChI is InChI=1S/C17H17Cl2NO/c1-21-17-4-2-11(3-5-17)12-6-15(7-12)20-16-9-13(18)8-14(19)10-16/h2-5,8-10,12,15,20H,6-7H2,1H3. The Morgan fingerprint density at radius 3 is 2.19 bits per heavy atom. The highest BCUT2D eigenvalue weighted by Crippen LogP contribution is 2.39. The van der Waals surface area contributed by atoms with Crippen LogP contribution in [-0.2, 0) is 0 Å². The number of ether oxygens (including phenoxy) is 1. The minimum absolute atomic E-state index is 0.478. The van der Waals surface area contributed by atoms with E-state index in [0.717, 1.165) is 24.3 Å². The van der Waals surface area contributed by atoms with Crippen molar-refractivity contribution in [2.75, 3.05) is 12.4 Å². The maximum atomic E-state index is 6.01. The Morgan fingerprint density at radius 2 is 1.62 bits per heavy atom. The molecule has 0 atom stereocenters. The Bertz CT molecular complexity index is 601. The highest BCUT2D eigenvalue weighted by Gasteiger charge is 2.30. The van der Waals surface area contributed by atoms with Gasteiger partial charge in [0, 0.05) is 21.8 Å². The third-order valence-corrected chi connectivity index (χ3v) is 4.40. The smallest absolute Gasteiger partial charge is 0.118 e. The van der Waals surface area contributed by atoms with Gasteiger partial charge in [-0.25, -0.2) is 0 Å². The van der Waals surface area contributed by atoms with Crippen molar-refractivity contribution in [1.82, 2.24) is 0 Å². The molecular formula is C17H17Cl2NO. The number of anilines is 1. The average molecular weight is 322 g/mol. The Balaban J connectivity index is 1.57. The van der Waals surface area contributed by atoms with Crippen molar-refractivity contribution in [1.29, 1.82) is 0 Å². The summed E-state index contributed by atoms with van der Waals surface area (Å²) in [6.07, 6.45) is 2.24. The summed E-state index contributed by atoms with van der Waals surface area (Å²) in [5, 5.41) is 4.81. The van der Waals surface area contributed by atoms with Crippen molar-refractivity contribution in [3.05, 3.63) is 58.1 Å². The summed E-state index contributed by atoms with van der Waals surface area (Å²) in [5.41, 5.74) is 2.36. The zero-order valence-electron chi connectivity index (χ0n) is 11.8. The summed E-state index contributed by atoms with van der Waals surface area (Å²) in [6.45, 7) is 0. The molecule has 0 bridgehead atoms. The summed E-state index contributed by atoms with van der Waals surface area (Å²) in [7, 11) is 1.69. The number of halogens is 2. The second-order valence-corrected chi connectivity index (χ2v) is 6.31. The number of rotatable bonds is 4. The zero-order chi connectivity index (χ0) is 14.8. The molecular weight excluding hydrogens is 305 g/mol. The van der Waals surface area contributed by atoms with Crippen LogP contribution in [-0.4, -0.2) is 13.2 Å². The van der Waals surface area contributed by atoms with E-state index in [1.807, 2.05) is 24.3 Å². The molecule has 21 heavy (non-hydrogen) atoms. The number of methoxy groups -OCH3 is 1. The maximum Gasteiger partial charge on any atom is 0.118 e. The summed E-state index contributed by atoms with van der Waals surface area (Å²) < 4.78 is 5.19. The molecule has 110 valence electrons. The van der Waals surface area contributed by atoms with Crippen molar-refractivity contribution in [2.45, 2.75) is 24.8 Å². The van der Waals surface area contributed by atoms with Crippen molar-refractivity contribution in [2.24, 2.45) is 0 Å². The fraction of sp³-hybridized carbons (Fsp3) is 0.294. The number of benzene rings is 2. The van der Waals surface area contributed by atoms with Crippen LogP contribution in [0.4, 0.5) is 5.69 Å². The molecule has 1 aliphatic rings. The highest BCUT2D eigenvalue weighted by atomic mass is 35.5. The minimum Gasteiger partial charge on any atom is -0.497 e. The molecule has 0 saturated heterocycles. The number of nitrogens with one attached hydrogen (secondary N) is 1. The highest BCUT2D eigenvalue weighted by molar-refractivity contribution is 6.35. The molecule has 2 aromatic carbocycles. The van der Waals surface area contributed by atoms with Gasteiger partial charge >= 0.3 is 0 Å². The minimum atomic E-state index is 0.478. The third kappa shape index (κ3) is 3.45. The van der Waals surface area contributed by atoms with Crippen LogP contribution in [0, 0.1) is 0 Å². The molecule has 1 aliphatic carbocycles. The van der Waals surface area contributed by atoms with E-state index in [-0.39, 0.29) is 0 Å². The lowest BCUT2D eigenvalue weighted by atomic mass is 9.76. The zero-order valence-corrected chi connectivity index (χ0v) is 13.3. The Kier molecular flexibility index (Phi) is 4.27. The van der Waals surface area contributed by atoms with Crippen LogP contribution in [0.15, 0.2) is 42.5 Å². The molecule has 2 nitrogen and oxygen atoms in total. The van der Waals surface area contributed by atoms with Crippen molar-refractivity contribution < 1.29 is 4.74 Å². The van der Waals surface area contributed by atoms with Crippen LogP contribution >= 0.6 is 23.2 Å². The average Bonchev–Trinajstić information content (AvgIpc) is 2.41. The first-order valence-corrected chi connectivity index (χ1v) is 7.76. The molecule has 0 spiro atoms. The quantitative estimate of drug-likeness (QED) is 0.818. The molecule has 0 amide bonds. The van der Waals surface area contributed by atoms with Gasteiger partial charge in [0.2, 0.25) is 0 Å². The first-order chi connectivity index (χ1) is 10.1. The SMILES string of the molecule is COc1ccc(C2CC(Nc3cc(Cl)cc(Cl)c3)C2)cc1. The van der Waals surface area contributed by atoms with Crippen molar-refractivity contribution >= 4 is 28.9 Å². The fourth-order valence-electron chi connectivity index (χ4n) is 2.76. The van der Waals surface area contributed by atoms with Crippen LogP contribution in [0.25, 0.3) is 0 Å². The van der Waals surface area contributed by atoms with E-state index in [4.69, 9.17) is 27.9 Å². The van der Waals surface area contributed by atoms with Crippen LogP contribution in [0.5, 0.6) is 5.75 Å².